The number of benzene rings is 2. The van der Waals surface area contributed by atoms with Crippen molar-refractivity contribution in [2.45, 2.75) is 81.2 Å². The van der Waals surface area contributed by atoms with E-state index in [1.807, 2.05) is 90.9 Å². The summed E-state index contributed by atoms with van der Waals surface area (Å²) >= 11 is 1.66. The van der Waals surface area contributed by atoms with Crippen LogP contribution in [0, 0.1) is 0 Å². The summed E-state index contributed by atoms with van der Waals surface area (Å²) in [6.07, 6.45) is -1.31. The van der Waals surface area contributed by atoms with Crippen LogP contribution in [0.2, 0.25) is 0 Å². The van der Waals surface area contributed by atoms with Gasteiger partial charge in [-0.15, -0.1) is 0 Å². The third-order valence-corrected chi connectivity index (χ3v) is 7.06. The van der Waals surface area contributed by atoms with Gasteiger partial charge in [0.15, 0.2) is 6.10 Å². The van der Waals surface area contributed by atoms with Crippen LogP contribution >= 0.6 is 11.8 Å². The van der Waals surface area contributed by atoms with Crippen molar-refractivity contribution in [2.75, 3.05) is 0 Å². The van der Waals surface area contributed by atoms with Crippen LogP contribution in [-0.4, -0.2) is 30.1 Å². The maximum atomic E-state index is 12.7. The summed E-state index contributed by atoms with van der Waals surface area (Å²) < 4.78 is 24.1. The predicted molar refractivity (Wildman–Crippen MR) is 122 cm³/mol. The average molecular weight is 440 g/mol. The molecule has 4 rings (SSSR count). The van der Waals surface area contributed by atoms with Gasteiger partial charge in [-0.2, -0.15) is 0 Å². The lowest BCUT2D eigenvalue weighted by molar-refractivity contribution is -0.0209. The van der Waals surface area contributed by atoms with E-state index in [1.165, 1.54) is 0 Å². The Morgan fingerprint density at radius 1 is 0.968 bits per heavy atom. The van der Waals surface area contributed by atoms with Crippen LogP contribution in [0.15, 0.2) is 52.3 Å². The van der Waals surface area contributed by atoms with E-state index in [1.54, 1.807) is 11.8 Å². The van der Waals surface area contributed by atoms with Gasteiger partial charge < -0.3 is 18.8 Å². The van der Waals surface area contributed by atoms with E-state index in [9.17, 15) is 4.79 Å². The molecule has 2 aliphatic rings. The lowest BCUT2D eigenvalue weighted by atomic mass is 9.74. The van der Waals surface area contributed by atoms with E-state index in [-0.39, 0.29) is 0 Å². The molecule has 2 aromatic carbocycles. The number of ether oxygens (including phenoxy) is 2. The molecule has 5 nitrogen and oxygen atoms in total. The molecular weight excluding hydrogens is 411 g/mol. The Balaban J connectivity index is 1.78. The van der Waals surface area contributed by atoms with Crippen LogP contribution in [0.25, 0.3) is 0 Å². The molecule has 0 radical (unpaired) electrons. The molecule has 1 atom stereocenters. The van der Waals surface area contributed by atoms with Crippen LogP contribution in [-0.2, 0) is 18.8 Å². The first kappa shape index (κ1) is 22.2. The zero-order valence-corrected chi connectivity index (χ0v) is 20.0. The van der Waals surface area contributed by atoms with Crippen molar-refractivity contribution < 1.29 is 23.6 Å². The highest BCUT2D eigenvalue weighted by Crippen LogP contribution is 2.47. The third kappa shape index (κ3) is 4.23. The fraction of sp³-hybridized carbons (Fsp3) is 0.458. The molecule has 164 valence electrons. The average Bonchev–Trinajstić information content (AvgIpc) is 2.86. The van der Waals surface area contributed by atoms with Gasteiger partial charge >= 0.3 is 13.3 Å². The molecule has 0 amide bonds. The summed E-state index contributed by atoms with van der Waals surface area (Å²) in [7, 11) is -0.560. The minimum atomic E-state index is -0.700. The summed E-state index contributed by atoms with van der Waals surface area (Å²) in [6, 6.07) is 14.0. The molecule has 1 fully saturated rings. The lowest BCUT2D eigenvalue weighted by Crippen LogP contribution is -2.41. The number of hydrogen-bond acceptors (Lipinski definition) is 6. The van der Waals surface area contributed by atoms with Crippen molar-refractivity contribution in [2.24, 2.45) is 0 Å². The number of carbonyl (C=O) groups is 1. The van der Waals surface area contributed by atoms with Crippen molar-refractivity contribution in [1.29, 1.82) is 0 Å². The maximum absolute atomic E-state index is 12.7. The third-order valence-electron chi connectivity index (χ3n) is 5.89. The molecule has 0 N–H and O–H groups in total. The van der Waals surface area contributed by atoms with Crippen molar-refractivity contribution >= 4 is 30.5 Å². The molecule has 31 heavy (non-hydrogen) atoms. The predicted octanol–water partition coefficient (Wildman–Crippen LogP) is 5.49. The first-order valence-corrected chi connectivity index (χ1v) is 11.3. The van der Waals surface area contributed by atoms with Crippen LogP contribution in [0.1, 0.15) is 65.7 Å². The van der Waals surface area contributed by atoms with Gasteiger partial charge in [0.1, 0.15) is 5.60 Å². The van der Waals surface area contributed by atoms with Crippen LogP contribution in [0.3, 0.4) is 0 Å². The van der Waals surface area contributed by atoms with Crippen molar-refractivity contribution in [1.82, 2.24) is 0 Å². The molecule has 0 aromatic heterocycles. The second-order valence-corrected chi connectivity index (χ2v) is 11.0. The minimum absolute atomic E-state index is 0.471. The van der Waals surface area contributed by atoms with Gasteiger partial charge in [-0.05, 0) is 66.1 Å². The van der Waals surface area contributed by atoms with Crippen molar-refractivity contribution in [3.05, 3.63) is 53.6 Å². The molecule has 1 saturated heterocycles. The second-order valence-electron chi connectivity index (χ2n) is 9.95. The molecule has 0 saturated carbocycles. The van der Waals surface area contributed by atoms with Gasteiger partial charge in [0.05, 0.1) is 11.2 Å². The fourth-order valence-corrected chi connectivity index (χ4v) is 4.82. The van der Waals surface area contributed by atoms with Crippen molar-refractivity contribution in [3.63, 3.8) is 0 Å². The number of rotatable bonds is 2. The Hall–Kier alpha value is -1.96. The first-order valence-electron chi connectivity index (χ1n) is 10.5. The Kier molecular flexibility index (Phi) is 5.43. The summed E-state index contributed by atoms with van der Waals surface area (Å²) in [5.41, 5.74) is 1.09. The topological polar surface area (TPSA) is 54.0 Å². The Bertz CT molecular complexity index is 995. The molecule has 0 spiro atoms. The smallest absolute Gasteiger partial charge is 0.429 e. The summed E-state index contributed by atoms with van der Waals surface area (Å²) in [5, 5.41) is 0. The molecule has 0 bridgehead atoms. The number of carbonyl (C=O) groups excluding carboxylic acids is 1. The molecule has 1 unspecified atom stereocenters. The number of hydrogen-bond donors (Lipinski definition) is 0. The molecule has 2 aliphatic heterocycles. The van der Waals surface area contributed by atoms with E-state index in [0.717, 1.165) is 26.4 Å². The van der Waals surface area contributed by atoms with Gasteiger partial charge in [0.2, 0.25) is 0 Å². The van der Waals surface area contributed by atoms with Gasteiger partial charge in [0.25, 0.3) is 0 Å². The normalized spacial score (nSPS) is 21.3. The largest absolute Gasteiger partial charge is 0.509 e. The van der Waals surface area contributed by atoms with Gasteiger partial charge in [-0.1, -0.05) is 42.1 Å². The SMILES string of the molecule is CC(C)(C)OC(=O)OC1c2ccccc2Sc2cccc(B3OC(C)(C)C(C)(C)O3)c21. The molecule has 7 heteroatoms. The monoisotopic (exact) mass is 440 g/mol. The van der Waals surface area contributed by atoms with Crippen molar-refractivity contribution in [3.8, 4) is 0 Å². The molecule has 0 aliphatic carbocycles. The van der Waals surface area contributed by atoms with E-state index < -0.39 is 36.2 Å². The first-order chi connectivity index (χ1) is 14.4. The van der Waals surface area contributed by atoms with E-state index in [2.05, 4.69) is 0 Å². The highest BCUT2D eigenvalue weighted by molar-refractivity contribution is 7.99. The van der Waals surface area contributed by atoms with Crippen LogP contribution in [0.5, 0.6) is 0 Å². The van der Waals surface area contributed by atoms with Crippen LogP contribution in [0.4, 0.5) is 4.79 Å². The quantitative estimate of drug-likeness (QED) is 0.455. The second kappa shape index (κ2) is 7.57. The molecule has 2 heterocycles. The Labute approximate surface area is 188 Å². The zero-order valence-electron chi connectivity index (χ0n) is 19.1. The summed E-state index contributed by atoms with van der Waals surface area (Å²) in [6.45, 7) is 13.6. The summed E-state index contributed by atoms with van der Waals surface area (Å²) in [4.78, 5) is 14.7. The Morgan fingerprint density at radius 2 is 1.58 bits per heavy atom. The maximum Gasteiger partial charge on any atom is 0.509 e. The summed E-state index contributed by atoms with van der Waals surface area (Å²) in [5.74, 6) is 0. The van der Waals surface area contributed by atoms with Gasteiger partial charge in [-0.25, -0.2) is 4.79 Å². The fourth-order valence-electron chi connectivity index (χ4n) is 3.66. The van der Waals surface area contributed by atoms with Gasteiger partial charge in [0, 0.05) is 20.9 Å². The van der Waals surface area contributed by atoms with Crippen LogP contribution < -0.4 is 5.46 Å². The molecular formula is C24H29BO5S. The molecule has 2 aromatic rings. The Morgan fingerprint density at radius 3 is 2.23 bits per heavy atom. The standard InChI is InChI=1S/C24H29BO5S/c1-22(2,3)28-21(26)27-20-15-11-8-9-13-17(15)31-18-14-10-12-16(19(18)20)25-29-23(4,5)24(6,7)30-25/h8-14,20H,1-7H3. The van der Waals surface area contributed by atoms with Gasteiger partial charge in [-0.3, -0.25) is 0 Å². The zero-order chi connectivity index (χ0) is 22.6. The lowest BCUT2D eigenvalue weighted by Gasteiger charge is -2.32. The minimum Gasteiger partial charge on any atom is -0.429 e. The van der Waals surface area contributed by atoms with E-state index >= 15 is 0 Å². The van der Waals surface area contributed by atoms with E-state index in [4.69, 9.17) is 18.8 Å². The highest BCUT2D eigenvalue weighted by Gasteiger charge is 2.53. The van der Waals surface area contributed by atoms with E-state index in [0.29, 0.717) is 0 Å². The number of fused-ring (bicyclic) bond motifs is 2. The highest BCUT2D eigenvalue weighted by atomic mass is 32.2.